The van der Waals surface area contributed by atoms with Crippen LogP contribution in [0.15, 0.2) is 24.3 Å². The van der Waals surface area contributed by atoms with E-state index in [-0.39, 0.29) is 37.0 Å². The van der Waals surface area contributed by atoms with Gasteiger partial charge in [-0.3, -0.25) is 14.4 Å². The molecule has 4 amide bonds. The van der Waals surface area contributed by atoms with E-state index < -0.39 is 6.04 Å². The number of rotatable bonds is 13. The Hall–Kier alpha value is -3.22. The number of carbonyl (C=O) groups excluding carboxylic acids is 4. The number of hydrogen-bond donors (Lipinski definition) is 5. The minimum atomic E-state index is -0.647. The van der Waals surface area contributed by atoms with Gasteiger partial charge in [-0.25, -0.2) is 4.79 Å². The van der Waals surface area contributed by atoms with E-state index in [1.54, 1.807) is 31.3 Å². The molecule has 0 aromatic heterocycles. The fourth-order valence-electron chi connectivity index (χ4n) is 2.38. The molecule has 0 saturated heterocycles. The average Bonchev–Trinajstić information content (AvgIpc) is 2.94. The molecule has 1 unspecified atom stereocenters. The van der Waals surface area contributed by atoms with Crippen molar-refractivity contribution >= 4 is 30.0 Å². The zero-order chi connectivity index (χ0) is 30.8. The first kappa shape index (κ1) is 40.3. The van der Waals surface area contributed by atoms with Crippen LogP contribution in [0.5, 0.6) is 0 Å². The van der Waals surface area contributed by atoms with Crippen LogP contribution >= 0.6 is 0 Å². The van der Waals surface area contributed by atoms with Crippen molar-refractivity contribution in [2.45, 2.75) is 53.7 Å². The third kappa shape index (κ3) is 22.5. The molecule has 12 heteroatoms. The van der Waals surface area contributed by atoms with Crippen molar-refractivity contribution in [2.24, 2.45) is 17.4 Å². The Labute approximate surface area is 235 Å². The lowest BCUT2D eigenvalue weighted by Gasteiger charge is -2.19. The van der Waals surface area contributed by atoms with E-state index in [0.29, 0.717) is 18.6 Å². The summed E-state index contributed by atoms with van der Waals surface area (Å²) in [5, 5.41) is 7.72. The highest BCUT2D eigenvalue weighted by Gasteiger charge is 2.17. The first-order valence-corrected chi connectivity index (χ1v) is 13.2. The lowest BCUT2D eigenvalue weighted by molar-refractivity contribution is -0.125. The summed E-state index contributed by atoms with van der Waals surface area (Å²) in [5.74, 6) is -0.716. The highest BCUT2D eigenvalue weighted by atomic mass is 16.6. The molecule has 7 N–H and O–H groups in total. The number of amides is 4. The number of nitrogens with zero attached hydrogens (tertiary/aromatic N) is 2. The Morgan fingerprint density at radius 3 is 2.03 bits per heavy atom. The van der Waals surface area contributed by atoms with Crippen LogP contribution in [0.1, 0.15) is 46.6 Å². The molecule has 0 aliphatic carbocycles. The van der Waals surface area contributed by atoms with Crippen LogP contribution in [-0.2, 0) is 25.7 Å². The van der Waals surface area contributed by atoms with E-state index >= 15 is 0 Å². The second-order valence-electron chi connectivity index (χ2n) is 8.58. The van der Waals surface area contributed by atoms with E-state index in [9.17, 15) is 19.2 Å². The summed E-state index contributed by atoms with van der Waals surface area (Å²) in [6.45, 7) is 11.8. The van der Waals surface area contributed by atoms with Gasteiger partial charge in [0.15, 0.2) is 0 Å². The third-order valence-corrected chi connectivity index (χ3v) is 4.72. The van der Waals surface area contributed by atoms with Crippen LogP contribution < -0.4 is 27.4 Å². The van der Waals surface area contributed by atoms with Crippen molar-refractivity contribution in [3.8, 4) is 0 Å². The largest absolute Gasteiger partial charge is 0.445 e. The number of anilines is 1. The Morgan fingerprint density at radius 2 is 1.59 bits per heavy atom. The third-order valence-electron chi connectivity index (χ3n) is 4.72. The van der Waals surface area contributed by atoms with Gasteiger partial charge in [-0.2, -0.15) is 0 Å². The normalized spacial score (nSPS) is 10.3. The Balaban J connectivity index is -0.00000112. The lowest BCUT2D eigenvalue weighted by Crippen LogP contribution is -2.46. The quantitative estimate of drug-likeness (QED) is 0.180. The number of likely N-dealkylation sites (N-methyl/N-ethyl adjacent to an activating group) is 2. The van der Waals surface area contributed by atoms with Crippen LogP contribution in [0.3, 0.4) is 0 Å². The topological polar surface area (TPSA) is 172 Å². The number of hydrogen-bond acceptors (Lipinski definition) is 8. The number of nitrogens with one attached hydrogen (secondary N) is 3. The number of carbonyl (C=O) groups is 4. The van der Waals surface area contributed by atoms with Crippen molar-refractivity contribution in [3.63, 3.8) is 0 Å². The summed E-state index contributed by atoms with van der Waals surface area (Å²) in [6, 6.07) is 6.29. The molecule has 0 bridgehead atoms. The van der Waals surface area contributed by atoms with Crippen molar-refractivity contribution in [3.05, 3.63) is 29.8 Å². The van der Waals surface area contributed by atoms with Crippen LogP contribution in [0, 0.1) is 5.92 Å². The van der Waals surface area contributed by atoms with Gasteiger partial charge in [0.25, 0.3) is 0 Å². The molecule has 1 aromatic carbocycles. The van der Waals surface area contributed by atoms with Gasteiger partial charge in [-0.05, 0) is 51.2 Å². The molecular formula is C27H53N7O5. The van der Waals surface area contributed by atoms with E-state index in [1.807, 2.05) is 53.6 Å². The van der Waals surface area contributed by atoms with Crippen LogP contribution in [-0.4, -0.2) is 94.5 Å². The zero-order valence-electron chi connectivity index (χ0n) is 25.4. The molecule has 0 radical (unpaired) electrons. The second kappa shape index (κ2) is 26.4. The van der Waals surface area contributed by atoms with Gasteiger partial charge >= 0.3 is 6.09 Å². The lowest BCUT2D eigenvalue weighted by atomic mass is 10.1. The second-order valence-corrected chi connectivity index (χ2v) is 8.58. The maximum absolute atomic E-state index is 11.9. The fourth-order valence-corrected chi connectivity index (χ4v) is 2.38. The summed E-state index contributed by atoms with van der Waals surface area (Å²) in [4.78, 5) is 48.6. The zero-order valence-corrected chi connectivity index (χ0v) is 25.4. The van der Waals surface area contributed by atoms with E-state index in [0.717, 1.165) is 25.1 Å². The van der Waals surface area contributed by atoms with Crippen molar-refractivity contribution in [1.82, 2.24) is 20.4 Å². The van der Waals surface area contributed by atoms with Gasteiger partial charge in [-0.15, -0.1) is 0 Å². The van der Waals surface area contributed by atoms with Crippen molar-refractivity contribution in [1.29, 1.82) is 0 Å². The van der Waals surface area contributed by atoms with Crippen molar-refractivity contribution in [2.75, 3.05) is 59.7 Å². The first-order chi connectivity index (χ1) is 18.5. The molecule has 0 saturated carbocycles. The first-order valence-electron chi connectivity index (χ1n) is 13.2. The maximum Gasteiger partial charge on any atom is 0.409 e. The Bertz CT molecular complexity index is 774. The summed E-state index contributed by atoms with van der Waals surface area (Å²) < 4.78 is 5.27. The number of ether oxygens (including phenoxy) is 1. The van der Waals surface area contributed by atoms with Crippen LogP contribution in [0.25, 0.3) is 0 Å². The predicted molar refractivity (Wildman–Crippen MR) is 158 cm³/mol. The van der Waals surface area contributed by atoms with Crippen LogP contribution in [0.4, 0.5) is 10.5 Å². The summed E-state index contributed by atoms with van der Waals surface area (Å²) in [6.07, 6.45) is 1.34. The summed E-state index contributed by atoms with van der Waals surface area (Å²) in [5.41, 5.74) is 11.6. The monoisotopic (exact) mass is 555 g/mol. The molecule has 226 valence electrons. The standard InChI is InChI=1S/C20H33N5O4.C4H9NO.C2H6.CH5N/c1-14(2)18(21)19(27)22-12-17(26)23-16-8-6-15(7-9-16)13-29-20(28)25(5)11-10-24(3)4;1-2-3-5-4-6;2*1-2/h6-9,14,18H,10-13,21H2,1-5H3,(H,22,27)(H,23,26);4H,2-3H2,1H3,(H,5,6);1-2H3;2H2,1H3. The molecule has 0 aliphatic heterocycles. The molecule has 0 heterocycles. The smallest absolute Gasteiger partial charge is 0.409 e. The average molecular weight is 556 g/mol. The number of nitrogens with two attached hydrogens (primary N) is 2. The molecule has 0 spiro atoms. The SMILES string of the molecule is CC.CC(C)C(N)C(=O)NCC(=O)Nc1ccc(COC(=O)N(C)CCN(C)C)cc1.CCCNC=O.CN. The van der Waals surface area contributed by atoms with E-state index in [4.69, 9.17) is 10.5 Å². The minimum absolute atomic E-state index is 0.00697. The van der Waals surface area contributed by atoms with Gasteiger partial charge in [-0.1, -0.05) is 46.8 Å². The van der Waals surface area contributed by atoms with E-state index in [1.165, 1.54) is 11.9 Å². The van der Waals surface area contributed by atoms with E-state index in [2.05, 4.69) is 21.7 Å². The molecule has 39 heavy (non-hydrogen) atoms. The molecule has 1 rings (SSSR count). The Morgan fingerprint density at radius 1 is 1.03 bits per heavy atom. The fraction of sp³-hybridized carbons (Fsp3) is 0.630. The van der Waals surface area contributed by atoms with Gasteiger partial charge in [0, 0.05) is 32.4 Å². The predicted octanol–water partition coefficient (Wildman–Crippen LogP) is 1.60. The van der Waals surface area contributed by atoms with Gasteiger partial charge in [0.1, 0.15) is 6.61 Å². The van der Waals surface area contributed by atoms with Gasteiger partial charge in [0.05, 0.1) is 12.6 Å². The molecule has 12 nitrogen and oxygen atoms in total. The summed E-state index contributed by atoms with van der Waals surface area (Å²) >= 11 is 0. The maximum atomic E-state index is 11.9. The van der Waals surface area contributed by atoms with Gasteiger partial charge in [0.2, 0.25) is 18.2 Å². The Kier molecular flexibility index (Phi) is 27.3. The molecule has 1 aromatic rings. The highest BCUT2D eigenvalue weighted by molar-refractivity contribution is 5.95. The molecule has 0 fully saturated rings. The minimum Gasteiger partial charge on any atom is -0.445 e. The molecule has 1 atom stereocenters. The highest BCUT2D eigenvalue weighted by Crippen LogP contribution is 2.11. The van der Waals surface area contributed by atoms with Gasteiger partial charge < -0.3 is 42.0 Å². The summed E-state index contributed by atoms with van der Waals surface area (Å²) in [7, 11) is 7.07. The van der Waals surface area contributed by atoms with Crippen LogP contribution in [0.2, 0.25) is 0 Å². The molecule has 0 aliphatic rings. The number of benzene rings is 1. The molecular weight excluding hydrogens is 502 g/mol. The van der Waals surface area contributed by atoms with Crippen molar-refractivity contribution < 1.29 is 23.9 Å².